The lowest BCUT2D eigenvalue weighted by Gasteiger charge is -2.19. The Kier molecular flexibility index (Phi) is 4.00. The molecule has 0 unspecified atom stereocenters. The molecular formula is C21H18FN5O. The summed E-state index contributed by atoms with van der Waals surface area (Å²) in [5, 5.41) is 3.11. The summed E-state index contributed by atoms with van der Waals surface area (Å²) in [6.45, 7) is 1.72. The third-order valence-electron chi connectivity index (χ3n) is 5.47. The van der Waals surface area contributed by atoms with Crippen molar-refractivity contribution in [3.8, 4) is 11.3 Å². The van der Waals surface area contributed by atoms with Crippen LogP contribution in [0.4, 0.5) is 10.3 Å². The molecule has 1 amide bonds. The SMILES string of the molecule is O=C(N[C@@H]1[C@@H]2CN(c3ncccn3)C[C@@H]21)c1ccc(-c2cccc(F)c2)nc1. The van der Waals surface area contributed by atoms with Gasteiger partial charge < -0.3 is 10.2 Å². The van der Waals surface area contributed by atoms with E-state index in [1.165, 1.54) is 18.3 Å². The van der Waals surface area contributed by atoms with E-state index < -0.39 is 0 Å². The van der Waals surface area contributed by atoms with Crippen LogP contribution in [0.25, 0.3) is 11.3 Å². The van der Waals surface area contributed by atoms with Gasteiger partial charge in [-0.05, 0) is 30.3 Å². The van der Waals surface area contributed by atoms with Crippen molar-refractivity contribution >= 4 is 11.9 Å². The number of rotatable bonds is 4. The van der Waals surface area contributed by atoms with Crippen molar-refractivity contribution < 1.29 is 9.18 Å². The number of halogens is 1. The molecule has 28 heavy (non-hydrogen) atoms. The Morgan fingerprint density at radius 2 is 1.82 bits per heavy atom. The van der Waals surface area contributed by atoms with Gasteiger partial charge in [0, 0.05) is 55.1 Å². The summed E-state index contributed by atoms with van der Waals surface area (Å²) in [6, 6.07) is 11.7. The van der Waals surface area contributed by atoms with E-state index in [1.807, 2.05) is 0 Å². The number of pyridine rings is 1. The second kappa shape index (κ2) is 6.67. The maximum Gasteiger partial charge on any atom is 0.253 e. The second-order valence-electron chi connectivity index (χ2n) is 7.22. The summed E-state index contributed by atoms with van der Waals surface area (Å²) in [5.41, 5.74) is 1.83. The molecule has 1 N–H and O–H groups in total. The lowest BCUT2D eigenvalue weighted by molar-refractivity contribution is 0.0946. The minimum absolute atomic E-state index is 0.125. The summed E-state index contributed by atoms with van der Waals surface area (Å²) in [6.07, 6.45) is 5.02. The summed E-state index contributed by atoms with van der Waals surface area (Å²) in [7, 11) is 0. The number of nitrogens with zero attached hydrogens (tertiary/aromatic N) is 4. The highest BCUT2D eigenvalue weighted by atomic mass is 19.1. The van der Waals surface area contributed by atoms with Gasteiger partial charge >= 0.3 is 0 Å². The minimum atomic E-state index is -0.309. The van der Waals surface area contributed by atoms with Gasteiger partial charge in [-0.25, -0.2) is 14.4 Å². The summed E-state index contributed by atoms with van der Waals surface area (Å²) in [4.78, 5) is 27.6. The van der Waals surface area contributed by atoms with Gasteiger partial charge in [0.1, 0.15) is 5.82 Å². The number of nitrogens with one attached hydrogen (secondary N) is 1. The number of carbonyl (C=O) groups excluding carboxylic acids is 1. The highest BCUT2D eigenvalue weighted by Gasteiger charge is 2.57. The fourth-order valence-electron chi connectivity index (χ4n) is 3.94. The molecule has 0 radical (unpaired) electrons. The summed E-state index contributed by atoms with van der Waals surface area (Å²) in [5.74, 6) is 1.19. The average molecular weight is 375 g/mol. The number of piperidine rings is 1. The number of hydrogen-bond acceptors (Lipinski definition) is 5. The van der Waals surface area contributed by atoms with E-state index in [2.05, 4.69) is 25.2 Å². The predicted molar refractivity (Wildman–Crippen MR) is 102 cm³/mol. The fourth-order valence-corrected chi connectivity index (χ4v) is 3.94. The summed E-state index contributed by atoms with van der Waals surface area (Å²) >= 11 is 0. The quantitative estimate of drug-likeness (QED) is 0.759. The van der Waals surface area contributed by atoms with Gasteiger partial charge in [0.2, 0.25) is 5.95 Å². The predicted octanol–water partition coefficient (Wildman–Crippen LogP) is 2.54. The molecule has 1 saturated carbocycles. The van der Waals surface area contributed by atoms with Crippen molar-refractivity contribution in [1.82, 2.24) is 20.3 Å². The molecular weight excluding hydrogens is 357 g/mol. The average Bonchev–Trinajstić information content (AvgIpc) is 3.17. The molecule has 5 rings (SSSR count). The van der Waals surface area contributed by atoms with Crippen LogP contribution in [0.5, 0.6) is 0 Å². The van der Waals surface area contributed by atoms with Crippen molar-refractivity contribution in [2.45, 2.75) is 6.04 Å². The van der Waals surface area contributed by atoms with Crippen molar-refractivity contribution in [3.63, 3.8) is 0 Å². The number of hydrogen-bond donors (Lipinski definition) is 1. The van der Waals surface area contributed by atoms with E-state index in [0.717, 1.165) is 19.0 Å². The first-order valence-electron chi connectivity index (χ1n) is 9.24. The van der Waals surface area contributed by atoms with Crippen LogP contribution in [0.2, 0.25) is 0 Å². The van der Waals surface area contributed by atoms with Crippen molar-refractivity contribution in [2.75, 3.05) is 18.0 Å². The van der Waals surface area contributed by atoms with Crippen LogP contribution >= 0.6 is 0 Å². The second-order valence-corrected chi connectivity index (χ2v) is 7.22. The number of fused-ring (bicyclic) bond motifs is 1. The molecule has 3 atom stereocenters. The normalized spacial score (nSPS) is 22.6. The maximum absolute atomic E-state index is 13.4. The third kappa shape index (κ3) is 3.09. The Labute approximate surface area is 161 Å². The van der Waals surface area contributed by atoms with Crippen molar-refractivity contribution in [2.24, 2.45) is 11.8 Å². The van der Waals surface area contributed by atoms with E-state index in [9.17, 15) is 9.18 Å². The van der Waals surface area contributed by atoms with Gasteiger partial charge in [0.05, 0.1) is 11.3 Å². The minimum Gasteiger partial charge on any atom is -0.349 e. The highest BCUT2D eigenvalue weighted by Crippen LogP contribution is 2.46. The lowest BCUT2D eigenvalue weighted by atomic mass is 10.1. The van der Waals surface area contributed by atoms with Crippen LogP contribution in [-0.2, 0) is 0 Å². The first-order valence-corrected chi connectivity index (χ1v) is 9.24. The smallest absolute Gasteiger partial charge is 0.253 e. The standard InChI is InChI=1S/C21H18FN5O/c22-15-4-1-3-13(9-15)18-6-5-14(10-25-18)20(28)26-19-16-11-27(12-17(16)19)21-23-7-2-8-24-21/h1-10,16-17,19H,11-12H2,(H,26,28)/t16-,17+,19-. The van der Waals surface area contributed by atoms with Crippen LogP contribution in [0, 0.1) is 17.7 Å². The van der Waals surface area contributed by atoms with E-state index in [4.69, 9.17) is 0 Å². The monoisotopic (exact) mass is 375 g/mol. The zero-order valence-electron chi connectivity index (χ0n) is 15.0. The van der Waals surface area contributed by atoms with Crippen LogP contribution in [0.3, 0.4) is 0 Å². The molecule has 0 bridgehead atoms. The number of benzene rings is 1. The zero-order valence-corrected chi connectivity index (χ0v) is 15.0. The number of aromatic nitrogens is 3. The lowest BCUT2D eigenvalue weighted by Crippen LogP contribution is -2.35. The molecule has 6 nitrogen and oxygen atoms in total. The van der Waals surface area contributed by atoms with Gasteiger partial charge in [-0.1, -0.05) is 12.1 Å². The molecule has 3 aromatic rings. The van der Waals surface area contributed by atoms with Gasteiger partial charge in [0.15, 0.2) is 0 Å². The van der Waals surface area contributed by atoms with Gasteiger partial charge in [-0.3, -0.25) is 9.78 Å². The van der Waals surface area contributed by atoms with Crippen molar-refractivity contribution in [3.05, 3.63) is 72.4 Å². The van der Waals surface area contributed by atoms with E-state index in [0.29, 0.717) is 28.7 Å². The van der Waals surface area contributed by atoms with Crippen LogP contribution < -0.4 is 10.2 Å². The largest absolute Gasteiger partial charge is 0.349 e. The molecule has 3 heterocycles. The molecule has 2 aromatic heterocycles. The van der Waals surface area contributed by atoms with Crippen LogP contribution in [0.15, 0.2) is 61.1 Å². The Hall–Kier alpha value is -3.35. The van der Waals surface area contributed by atoms with Crippen molar-refractivity contribution in [1.29, 1.82) is 0 Å². The Bertz CT molecular complexity index is 999. The number of amides is 1. The molecule has 1 saturated heterocycles. The van der Waals surface area contributed by atoms with Crippen LogP contribution in [0.1, 0.15) is 10.4 Å². The van der Waals surface area contributed by atoms with Gasteiger partial charge in [-0.2, -0.15) is 0 Å². The van der Waals surface area contributed by atoms with Crippen LogP contribution in [-0.4, -0.2) is 40.0 Å². The first-order chi connectivity index (χ1) is 13.7. The number of anilines is 1. The zero-order chi connectivity index (χ0) is 19.1. The molecule has 2 aliphatic rings. The Morgan fingerprint density at radius 1 is 1.04 bits per heavy atom. The van der Waals surface area contributed by atoms with Gasteiger partial charge in [-0.15, -0.1) is 0 Å². The molecule has 0 spiro atoms. The third-order valence-corrected chi connectivity index (χ3v) is 5.47. The molecule has 7 heteroatoms. The van der Waals surface area contributed by atoms with E-state index in [-0.39, 0.29) is 17.8 Å². The van der Waals surface area contributed by atoms with Gasteiger partial charge in [0.25, 0.3) is 5.91 Å². The first kappa shape index (κ1) is 16.8. The Balaban J connectivity index is 1.20. The Morgan fingerprint density at radius 3 is 2.50 bits per heavy atom. The maximum atomic E-state index is 13.4. The van der Waals surface area contributed by atoms with E-state index >= 15 is 0 Å². The fraction of sp³-hybridized carbons (Fsp3) is 0.238. The highest BCUT2D eigenvalue weighted by molar-refractivity contribution is 5.94. The molecule has 1 aliphatic carbocycles. The van der Waals surface area contributed by atoms with E-state index in [1.54, 1.807) is 42.7 Å². The topological polar surface area (TPSA) is 71.0 Å². The summed E-state index contributed by atoms with van der Waals surface area (Å²) < 4.78 is 13.4. The number of carbonyl (C=O) groups is 1. The molecule has 2 fully saturated rings. The molecule has 1 aromatic carbocycles. The molecule has 1 aliphatic heterocycles. The molecule has 140 valence electrons.